The number of fused-ring (bicyclic) bond motifs is 1. The van der Waals surface area contributed by atoms with Crippen LogP contribution in [0.2, 0.25) is 0 Å². The molecule has 0 aliphatic carbocycles. The topological polar surface area (TPSA) is 44.8 Å². The van der Waals surface area contributed by atoms with Crippen molar-refractivity contribution < 1.29 is 19.0 Å². The molecule has 0 fully saturated rings. The Morgan fingerprint density at radius 2 is 1.57 bits per heavy atom. The average molecular weight is 467 g/mol. The molecule has 0 saturated carbocycles. The van der Waals surface area contributed by atoms with Crippen LogP contribution in [0.15, 0.2) is 84.9 Å². The van der Waals surface area contributed by atoms with Crippen LogP contribution in [0.3, 0.4) is 0 Å². The van der Waals surface area contributed by atoms with Crippen LogP contribution in [0.5, 0.6) is 17.2 Å². The Morgan fingerprint density at radius 1 is 0.829 bits per heavy atom. The fourth-order valence-electron chi connectivity index (χ4n) is 3.80. The summed E-state index contributed by atoms with van der Waals surface area (Å²) in [7, 11) is 1.55. The maximum absolute atomic E-state index is 12.4. The van der Waals surface area contributed by atoms with Gasteiger partial charge in [-0.25, -0.2) is 4.79 Å². The molecule has 0 heterocycles. The third-order valence-corrected chi connectivity index (χ3v) is 5.77. The zero-order valence-electron chi connectivity index (χ0n) is 20.6. The number of ether oxygens (including phenoxy) is 3. The number of carbonyl (C=O) groups excluding carboxylic acids is 1. The van der Waals surface area contributed by atoms with Crippen molar-refractivity contribution >= 4 is 28.9 Å². The summed E-state index contributed by atoms with van der Waals surface area (Å²) >= 11 is 0. The van der Waals surface area contributed by atoms with Gasteiger partial charge < -0.3 is 14.2 Å². The van der Waals surface area contributed by atoms with Crippen LogP contribution < -0.4 is 14.2 Å². The molecule has 0 aliphatic rings. The smallest absolute Gasteiger partial charge is 0.349 e. The van der Waals surface area contributed by atoms with E-state index in [0.29, 0.717) is 17.2 Å². The number of hydrogen-bond acceptors (Lipinski definition) is 4. The molecule has 0 spiro atoms. The van der Waals surface area contributed by atoms with Crippen LogP contribution in [0.1, 0.15) is 37.5 Å². The average Bonchev–Trinajstić information content (AvgIpc) is 2.86. The van der Waals surface area contributed by atoms with Crippen LogP contribution in [0, 0.1) is 0 Å². The lowest BCUT2D eigenvalue weighted by atomic mass is 9.87. The van der Waals surface area contributed by atoms with Crippen molar-refractivity contribution in [2.45, 2.75) is 26.2 Å². The van der Waals surface area contributed by atoms with E-state index in [2.05, 4.69) is 51.1 Å². The summed E-state index contributed by atoms with van der Waals surface area (Å²) in [6.07, 6.45) is 4.09. The summed E-state index contributed by atoms with van der Waals surface area (Å²) in [5.74, 6) is 0.956. The van der Waals surface area contributed by atoms with Crippen LogP contribution in [-0.2, 0) is 10.2 Å². The number of carbonyl (C=O) groups is 1. The Kier molecular flexibility index (Phi) is 7.21. The minimum atomic E-state index is -0.498. The van der Waals surface area contributed by atoms with Gasteiger partial charge in [0, 0.05) is 0 Å². The van der Waals surface area contributed by atoms with Crippen LogP contribution in [0.4, 0.5) is 0 Å². The molecule has 0 saturated heterocycles. The molecule has 0 N–H and O–H groups in total. The Hall–Kier alpha value is -4.05. The van der Waals surface area contributed by atoms with Gasteiger partial charge in [-0.3, -0.25) is 0 Å². The molecule has 4 aromatic carbocycles. The molecule has 0 unspecified atom stereocenters. The Morgan fingerprint density at radius 3 is 2.31 bits per heavy atom. The highest BCUT2D eigenvalue weighted by Crippen LogP contribution is 2.30. The highest BCUT2D eigenvalue weighted by Gasteiger charge is 2.14. The van der Waals surface area contributed by atoms with Gasteiger partial charge in [0.1, 0.15) is 5.75 Å². The third-order valence-electron chi connectivity index (χ3n) is 5.77. The van der Waals surface area contributed by atoms with E-state index < -0.39 is 5.97 Å². The number of esters is 1. The molecule has 4 nitrogen and oxygen atoms in total. The van der Waals surface area contributed by atoms with Crippen LogP contribution in [-0.4, -0.2) is 19.7 Å². The third kappa shape index (κ3) is 6.10. The zero-order valence-corrected chi connectivity index (χ0v) is 20.6. The predicted octanol–water partition coefficient (Wildman–Crippen LogP) is 7.30. The van der Waals surface area contributed by atoms with E-state index >= 15 is 0 Å². The Balaban J connectivity index is 1.41. The molecule has 35 heavy (non-hydrogen) atoms. The van der Waals surface area contributed by atoms with Gasteiger partial charge >= 0.3 is 5.97 Å². The van der Waals surface area contributed by atoms with Gasteiger partial charge in [-0.15, -0.1) is 0 Å². The van der Waals surface area contributed by atoms with Gasteiger partial charge in [-0.05, 0) is 57.1 Å². The van der Waals surface area contributed by atoms with Crippen molar-refractivity contribution in [3.05, 3.63) is 102 Å². The molecular formula is C31H30O4. The van der Waals surface area contributed by atoms with Gasteiger partial charge in [0.2, 0.25) is 0 Å². The van der Waals surface area contributed by atoms with Gasteiger partial charge in [0.15, 0.2) is 18.1 Å². The van der Waals surface area contributed by atoms with Crippen molar-refractivity contribution in [3.63, 3.8) is 0 Å². The quantitative estimate of drug-likeness (QED) is 0.163. The minimum Gasteiger partial charge on any atom is -0.493 e. The number of methoxy groups -OCH3 is 1. The standard InChI is InChI=1S/C31H30O4/c1-31(2,3)25-15-17-26(18-16-25)34-21-30(32)35-28-19-13-22(20-29(28)33-4)12-14-24-10-7-9-23-8-5-6-11-27(23)24/h5-20H,21H2,1-4H3/b14-12+. The first-order valence-electron chi connectivity index (χ1n) is 11.6. The SMILES string of the molecule is COc1cc(/C=C/c2cccc3ccccc23)ccc1OC(=O)COc1ccc(C(C)(C)C)cc1. The molecule has 178 valence electrons. The monoisotopic (exact) mass is 466 g/mol. The molecule has 0 atom stereocenters. The van der Waals surface area contributed by atoms with Crippen LogP contribution >= 0.6 is 0 Å². The van der Waals surface area contributed by atoms with Crippen molar-refractivity contribution in [1.82, 2.24) is 0 Å². The van der Waals surface area contributed by atoms with Gasteiger partial charge in [-0.1, -0.05) is 93.6 Å². The van der Waals surface area contributed by atoms with E-state index in [4.69, 9.17) is 14.2 Å². The van der Waals surface area contributed by atoms with E-state index in [-0.39, 0.29) is 12.0 Å². The van der Waals surface area contributed by atoms with Crippen molar-refractivity contribution in [2.75, 3.05) is 13.7 Å². The summed E-state index contributed by atoms with van der Waals surface area (Å²) in [5.41, 5.74) is 3.33. The fraction of sp³-hybridized carbons (Fsp3) is 0.194. The number of hydrogen-bond donors (Lipinski definition) is 0. The Labute approximate surface area is 206 Å². The summed E-state index contributed by atoms with van der Waals surface area (Å²) in [6.45, 7) is 6.26. The van der Waals surface area contributed by atoms with E-state index in [0.717, 1.165) is 11.1 Å². The maximum Gasteiger partial charge on any atom is 0.349 e. The molecule has 0 amide bonds. The first-order valence-corrected chi connectivity index (χ1v) is 11.6. The maximum atomic E-state index is 12.4. The second kappa shape index (κ2) is 10.5. The van der Waals surface area contributed by atoms with Gasteiger partial charge in [-0.2, -0.15) is 0 Å². The normalized spacial score (nSPS) is 11.5. The number of benzene rings is 4. The first-order chi connectivity index (χ1) is 16.8. The van der Waals surface area contributed by atoms with E-state index in [1.165, 1.54) is 16.3 Å². The van der Waals surface area contributed by atoms with Crippen molar-refractivity contribution in [1.29, 1.82) is 0 Å². The largest absolute Gasteiger partial charge is 0.493 e. The Bertz CT molecular complexity index is 1340. The highest BCUT2D eigenvalue weighted by molar-refractivity contribution is 5.92. The minimum absolute atomic E-state index is 0.0598. The fourth-order valence-corrected chi connectivity index (χ4v) is 3.80. The van der Waals surface area contributed by atoms with E-state index in [9.17, 15) is 4.79 Å². The van der Waals surface area contributed by atoms with Crippen molar-refractivity contribution in [3.8, 4) is 17.2 Å². The second-order valence-electron chi connectivity index (χ2n) is 9.35. The lowest BCUT2D eigenvalue weighted by molar-refractivity contribution is -0.136. The molecule has 4 aromatic rings. The molecule has 0 aliphatic heterocycles. The molecule has 0 aromatic heterocycles. The van der Waals surface area contributed by atoms with Crippen molar-refractivity contribution in [2.24, 2.45) is 0 Å². The lowest BCUT2D eigenvalue weighted by Crippen LogP contribution is -2.18. The molecule has 0 radical (unpaired) electrons. The molecular weight excluding hydrogens is 436 g/mol. The number of rotatable bonds is 7. The summed E-state index contributed by atoms with van der Waals surface area (Å²) in [6, 6.07) is 27.7. The van der Waals surface area contributed by atoms with E-state index in [1.54, 1.807) is 13.2 Å². The summed E-state index contributed by atoms with van der Waals surface area (Å²) in [5, 5.41) is 2.39. The highest BCUT2D eigenvalue weighted by atomic mass is 16.6. The molecule has 4 rings (SSSR count). The lowest BCUT2D eigenvalue weighted by Gasteiger charge is -2.19. The molecule has 4 heteroatoms. The predicted molar refractivity (Wildman–Crippen MR) is 142 cm³/mol. The zero-order chi connectivity index (χ0) is 24.8. The summed E-state index contributed by atoms with van der Waals surface area (Å²) < 4.78 is 16.6. The molecule has 0 bridgehead atoms. The second-order valence-corrected chi connectivity index (χ2v) is 9.35. The van der Waals surface area contributed by atoms with Gasteiger partial charge in [0.05, 0.1) is 7.11 Å². The summed E-state index contributed by atoms with van der Waals surface area (Å²) in [4.78, 5) is 12.4. The van der Waals surface area contributed by atoms with E-state index in [1.807, 2.05) is 60.7 Å². The first kappa shape index (κ1) is 24.1. The van der Waals surface area contributed by atoms with Crippen LogP contribution in [0.25, 0.3) is 22.9 Å². The van der Waals surface area contributed by atoms with Gasteiger partial charge in [0.25, 0.3) is 0 Å².